The zero-order valence-electron chi connectivity index (χ0n) is 26.5. The maximum absolute atomic E-state index is 6.18. The molecule has 10 rings (SSSR count). The molecule has 0 radical (unpaired) electrons. The molecule has 0 fully saturated rings. The number of hydrogen-bond donors (Lipinski definition) is 0. The van der Waals surface area contributed by atoms with Crippen molar-refractivity contribution in [2.24, 2.45) is 0 Å². The number of hydrogen-bond acceptors (Lipinski definition) is 3. The van der Waals surface area contributed by atoms with E-state index in [1.54, 1.807) is 0 Å². The van der Waals surface area contributed by atoms with Gasteiger partial charge in [-0.1, -0.05) is 103 Å². The number of para-hydroxylation sites is 1. The third kappa shape index (κ3) is 4.78. The van der Waals surface area contributed by atoms with Crippen LogP contribution in [0.15, 0.2) is 180 Å². The number of nitrogens with zero attached hydrogens (tertiary/aromatic N) is 1. The van der Waals surface area contributed by atoms with Crippen molar-refractivity contribution >= 4 is 81.3 Å². The zero-order chi connectivity index (χ0) is 32.3. The second-order valence-electron chi connectivity index (χ2n) is 12.6. The van der Waals surface area contributed by atoms with Gasteiger partial charge in [0.25, 0.3) is 0 Å². The lowest BCUT2D eigenvalue weighted by Crippen LogP contribution is -2.09. The van der Waals surface area contributed by atoms with Crippen LogP contribution in [0, 0.1) is 0 Å². The molecule has 0 N–H and O–H groups in total. The summed E-state index contributed by atoms with van der Waals surface area (Å²) < 4.78 is 8.85. The number of benzene rings is 8. The second kappa shape index (κ2) is 11.2. The lowest BCUT2D eigenvalue weighted by molar-refractivity contribution is 0.669. The van der Waals surface area contributed by atoms with Gasteiger partial charge < -0.3 is 9.32 Å². The van der Waals surface area contributed by atoms with Crippen LogP contribution in [0.2, 0.25) is 0 Å². The Bertz CT molecular complexity index is 2810. The molecule has 0 aliphatic carbocycles. The van der Waals surface area contributed by atoms with E-state index in [-0.39, 0.29) is 0 Å². The van der Waals surface area contributed by atoms with Crippen molar-refractivity contribution < 1.29 is 4.42 Å². The molecule has 230 valence electrons. The van der Waals surface area contributed by atoms with Gasteiger partial charge in [0.15, 0.2) is 0 Å². The van der Waals surface area contributed by atoms with Crippen LogP contribution in [0.4, 0.5) is 17.1 Å². The first-order chi connectivity index (χ1) is 24.2. The molecule has 3 heteroatoms. The van der Waals surface area contributed by atoms with Gasteiger partial charge in [-0.15, -0.1) is 11.3 Å². The van der Waals surface area contributed by atoms with Gasteiger partial charge in [-0.2, -0.15) is 0 Å². The van der Waals surface area contributed by atoms with Crippen LogP contribution >= 0.6 is 11.3 Å². The van der Waals surface area contributed by atoms with E-state index in [1.165, 1.54) is 53.2 Å². The van der Waals surface area contributed by atoms with Gasteiger partial charge in [0.05, 0.1) is 0 Å². The highest BCUT2D eigenvalue weighted by Gasteiger charge is 2.16. The summed E-state index contributed by atoms with van der Waals surface area (Å²) in [6.45, 7) is 0. The number of rotatable bonds is 5. The van der Waals surface area contributed by atoms with Gasteiger partial charge in [0.1, 0.15) is 11.2 Å². The summed E-state index contributed by atoms with van der Waals surface area (Å²) in [5.41, 5.74) is 9.87. The molecule has 2 nitrogen and oxygen atoms in total. The largest absolute Gasteiger partial charge is 0.456 e. The Hall–Kier alpha value is -6.16. The summed E-state index contributed by atoms with van der Waals surface area (Å²) in [5, 5.41) is 7.43. The van der Waals surface area contributed by atoms with E-state index in [1.807, 2.05) is 23.5 Å². The van der Waals surface area contributed by atoms with Crippen LogP contribution in [0.1, 0.15) is 0 Å². The molecule has 0 aliphatic rings. The number of thiophene rings is 1. The SMILES string of the molecule is c1ccc(-c2ccc(N(c3ccc(-c4ccc5cc6sc7ccccc7c6cc5c4)cc3)c3ccc4oc5ccccc5c4c3)cc2)cc1. The van der Waals surface area contributed by atoms with E-state index >= 15 is 0 Å². The molecule has 49 heavy (non-hydrogen) atoms. The Labute approximate surface area is 287 Å². The van der Waals surface area contributed by atoms with Gasteiger partial charge in [-0.25, -0.2) is 0 Å². The quantitative estimate of drug-likeness (QED) is 0.186. The van der Waals surface area contributed by atoms with Crippen molar-refractivity contribution in [2.75, 3.05) is 4.90 Å². The molecule has 0 saturated heterocycles. The lowest BCUT2D eigenvalue weighted by Gasteiger charge is -2.26. The van der Waals surface area contributed by atoms with E-state index in [4.69, 9.17) is 4.42 Å². The molecule has 0 unspecified atom stereocenters. The van der Waals surface area contributed by atoms with Crippen molar-refractivity contribution in [3.8, 4) is 22.3 Å². The Morgan fingerprint density at radius 1 is 0.347 bits per heavy atom. The van der Waals surface area contributed by atoms with Crippen LogP contribution in [0.3, 0.4) is 0 Å². The molecule has 0 atom stereocenters. The van der Waals surface area contributed by atoms with E-state index < -0.39 is 0 Å². The fraction of sp³-hybridized carbons (Fsp3) is 0. The highest BCUT2D eigenvalue weighted by Crippen LogP contribution is 2.41. The molecule has 2 aromatic heterocycles. The maximum Gasteiger partial charge on any atom is 0.135 e. The number of anilines is 3. The molecule has 10 aromatic rings. The minimum Gasteiger partial charge on any atom is -0.456 e. The van der Waals surface area contributed by atoms with Crippen LogP contribution in [0.25, 0.3) is 75.1 Å². The molecular formula is C46H29NOS. The summed E-state index contributed by atoms with van der Waals surface area (Å²) in [4.78, 5) is 2.33. The van der Waals surface area contributed by atoms with Crippen molar-refractivity contribution in [1.29, 1.82) is 0 Å². The summed E-state index contributed by atoms with van der Waals surface area (Å²) in [6, 6.07) is 63.3. The lowest BCUT2D eigenvalue weighted by atomic mass is 9.99. The van der Waals surface area contributed by atoms with E-state index in [2.05, 4.69) is 169 Å². The summed E-state index contributed by atoms with van der Waals surface area (Å²) in [6.07, 6.45) is 0. The van der Waals surface area contributed by atoms with Gasteiger partial charge in [0, 0.05) is 48.0 Å². The monoisotopic (exact) mass is 643 g/mol. The van der Waals surface area contributed by atoms with Gasteiger partial charge in [-0.05, 0) is 106 Å². The predicted molar refractivity (Wildman–Crippen MR) is 210 cm³/mol. The zero-order valence-corrected chi connectivity index (χ0v) is 27.3. The molecule has 8 aromatic carbocycles. The molecular weight excluding hydrogens is 615 g/mol. The van der Waals surface area contributed by atoms with Crippen LogP contribution in [0.5, 0.6) is 0 Å². The minimum atomic E-state index is 0.892. The van der Waals surface area contributed by atoms with Crippen LogP contribution < -0.4 is 4.90 Å². The molecule has 0 bridgehead atoms. The van der Waals surface area contributed by atoms with Gasteiger partial charge in [-0.3, -0.25) is 0 Å². The average Bonchev–Trinajstić information content (AvgIpc) is 3.72. The van der Waals surface area contributed by atoms with E-state index in [0.717, 1.165) is 39.0 Å². The van der Waals surface area contributed by atoms with Crippen LogP contribution in [-0.2, 0) is 0 Å². The molecule has 0 saturated carbocycles. The van der Waals surface area contributed by atoms with Gasteiger partial charge in [0.2, 0.25) is 0 Å². The maximum atomic E-state index is 6.18. The average molecular weight is 644 g/mol. The number of furan rings is 1. The second-order valence-corrected chi connectivity index (χ2v) is 13.7. The Kier molecular flexibility index (Phi) is 6.39. The Morgan fingerprint density at radius 3 is 1.76 bits per heavy atom. The fourth-order valence-corrected chi connectivity index (χ4v) is 8.32. The minimum absolute atomic E-state index is 0.892. The van der Waals surface area contributed by atoms with E-state index in [9.17, 15) is 0 Å². The topological polar surface area (TPSA) is 16.4 Å². The highest BCUT2D eigenvalue weighted by atomic mass is 32.1. The number of fused-ring (bicyclic) bond motifs is 7. The van der Waals surface area contributed by atoms with Crippen molar-refractivity contribution in [3.05, 3.63) is 176 Å². The first kappa shape index (κ1) is 27.9. The summed E-state index contributed by atoms with van der Waals surface area (Å²) in [7, 11) is 0. The molecule has 2 heterocycles. The normalized spacial score (nSPS) is 11.7. The molecule has 0 spiro atoms. The third-order valence-electron chi connectivity index (χ3n) is 9.65. The summed E-state index contributed by atoms with van der Waals surface area (Å²) in [5.74, 6) is 0. The Balaban J connectivity index is 1.06. The van der Waals surface area contributed by atoms with Crippen molar-refractivity contribution in [2.45, 2.75) is 0 Å². The predicted octanol–water partition coefficient (Wildman–Crippen LogP) is 13.9. The van der Waals surface area contributed by atoms with Crippen molar-refractivity contribution in [3.63, 3.8) is 0 Å². The Morgan fingerprint density at radius 2 is 0.959 bits per heavy atom. The van der Waals surface area contributed by atoms with Crippen LogP contribution in [-0.4, -0.2) is 0 Å². The standard InChI is InChI=1S/C46H29NOS/c1-2-8-30(9-3-1)31-16-20-36(21-17-31)47(38-24-25-44-41(29-38)39-10-4-6-12-43(39)48-44)37-22-18-32(19-23-37)33-14-15-34-28-46-42(27-35(34)26-33)40-11-5-7-13-45(40)49-46/h1-29H. The molecule has 0 amide bonds. The van der Waals surface area contributed by atoms with Crippen molar-refractivity contribution in [1.82, 2.24) is 0 Å². The van der Waals surface area contributed by atoms with E-state index in [0.29, 0.717) is 0 Å². The first-order valence-electron chi connectivity index (χ1n) is 16.6. The smallest absolute Gasteiger partial charge is 0.135 e. The highest BCUT2D eigenvalue weighted by molar-refractivity contribution is 7.25. The fourth-order valence-electron chi connectivity index (χ4n) is 7.18. The van der Waals surface area contributed by atoms with Gasteiger partial charge >= 0.3 is 0 Å². The summed E-state index contributed by atoms with van der Waals surface area (Å²) >= 11 is 1.87. The molecule has 0 aliphatic heterocycles. The first-order valence-corrected chi connectivity index (χ1v) is 17.4. The third-order valence-corrected chi connectivity index (χ3v) is 10.8.